The minimum Gasteiger partial charge on any atom is -0.381 e. The zero-order chi connectivity index (χ0) is 30.7. The molecule has 43 heavy (non-hydrogen) atoms. The summed E-state index contributed by atoms with van der Waals surface area (Å²) in [7, 11) is 0. The minimum absolute atomic E-state index is 0.171. The zero-order valence-corrected chi connectivity index (χ0v) is 25.7. The number of hydrogen-bond donors (Lipinski definition) is 5. The number of aliphatic imine (C=N–C) groups is 1. The third-order valence-electron chi connectivity index (χ3n) is 7.90. The molecule has 2 aliphatic rings. The molecular weight excluding hydrogens is 570 g/mol. The highest BCUT2D eigenvalue weighted by molar-refractivity contribution is 6.32. The summed E-state index contributed by atoms with van der Waals surface area (Å²) in [5.74, 6) is 1.82. The quantitative estimate of drug-likeness (QED) is 0.158. The molecule has 2 fully saturated rings. The number of allylic oxidation sites excluding steroid dienone is 3. The maximum Gasteiger partial charge on any atom is 0.340 e. The van der Waals surface area contributed by atoms with Crippen molar-refractivity contribution < 1.29 is 9.47 Å². The highest BCUT2D eigenvalue weighted by Crippen LogP contribution is 2.30. The molecule has 0 radical (unpaired) electrons. The second kappa shape index (κ2) is 15.8. The fraction of sp³-hybridized carbons (Fsp3) is 0.567. The van der Waals surface area contributed by atoms with Crippen LogP contribution < -0.4 is 21.6 Å². The van der Waals surface area contributed by atoms with Crippen LogP contribution in [0.1, 0.15) is 63.9 Å². The molecule has 3 heterocycles. The third-order valence-corrected chi connectivity index (χ3v) is 8.10. The fourth-order valence-electron chi connectivity index (χ4n) is 5.42. The lowest BCUT2D eigenvalue weighted by Gasteiger charge is -2.32. The molecule has 13 heteroatoms. The SMILES string of the molecule is C=N/C(=C\C(=C(/C)Cl)c1cccc(NCC2(C#N)CCOCC2)n1)N[C@H]1CC[C@H](NC(C)COCc2n[nH]c(=O)[nH]2)CC1. The van der Waals surface area contributed by atoms with Gasteiger partial charge in [0.1, 0.15) is 18.2 Å². The summed E-state index contributed by atoms with van der Waals surface area (Å²) in [6.07, 6.45) is 7.29. The number of H-pyrrole nitrogens is 2. The van der Waals surface area contributed by atoms with E-state index in [0.717, 1.165) is 31.3 Å². The van der Waals surface area contributed by atoms with Crippen molar-refractivity contribution in [3.63, 3.8) is 0 Å². The van der Waals surface area contributed by atoms with Crippen molar-refractivity contribution in [1.29, 1.82) is 5.26 Å². The molecule has 12 nitrogen and oxygen atoms in total. The van der Waals surface area contributed by atoms with Crippen LogP contribution in [0.25, 0.3) is 5.57 Å². The van der Waals surface area contributed by atoms with Gasteiger partial charge in [0.2, 0.25) is 0 Å². The minimum atomic E-state index is -0.454. The van der Waals surface area contributed by atoms with Gasteiger partial charge in [-0.3, -0.25) is 4.98 Å². The third kappa shape index (κ3) is 9.76. The summed E-state index contributed by atoms with van der Waals surface area (Å²) < 4.78 is 11.1. The molecule has 4 rings (SSSR count). The Kier molecular flexibility index (Phi) is 11.9. The molecule has 0 amide bonds. The molecule has 2 aromatic heterocycles. The molecular formula is C30H42ClN9O3. The molecule has 1 aliphatic carbocycles. The Bertz CT molecular complexity index is 1360. The van der Waals surface area contributed by atoms with Gasteiger partial charge in [0.25, 0.3) is 0 Å². The molecule has 1 atom stereocenters. The second-order valence-electron chi connectivity index (χ2n) is 11.3. The maximum atomic E-state index is 11.1. The Morgan fingerprint density at radius 3 is 2.72 bits per heavy atom. The summed E-state index contributed by atoms with van der Waals surface area (Å²) in [5.41, 5.74) is 0.676. The summed E-state index contributed by atoms with van der Waals surface area (Å²) in [6, 6.07) is 9.04. The van der Waals surface area contributed by atoms with Gasteiger partial charge in [-0.2, -0.15) is 10.4 Å². The first-order valence-corrected chi connectivity index (χ1v) is 15.2. The van der Waals surface area contributed by atoms with Gasteiger partial charge in [0.15, 0.2) is 5.82 Å². The first kappa shape index (κ1) is 32.4. The van der Waals surface area contributed by atoms with Crippen molar-refractivity contribution in [2.75, 3.05) is 31.7 Å². The smallest absolute Gasteiger partial charge is 0.340 e. The van der Waals surface area contributed by atoms with E-state index in [1.165, 1.54) is 0 Å². The highest BCUT2D eigenvalue weighted by Gasteiger charge is 2.32. The molecule has 1 unspecified atom stereocenters. The number of nitriles is 1. The number of pyridine rings is 1. The van der Waals surface area contributed by atoms with Crippen molar-refractivity contribution >= 4 is 29.7 Å². The van der Waals surface area contributed by atoms with E-state index in [-0.39, 0.29) is 24.4 Å². The van der Waals surface area contributed by atoms with Gasteiger partial charge in [-0.1, -0.05) is 17.7 Å². The average Bonchev–Trinajstić information content (AvgIpc) is 3.44. The van der Waals surface area contributed by atoms with E-state index < -0.39 is 5.41 Å². The number of nitrogens with zero attached hydrogens (tertiary/aromatic N) is 4. The number of aromatic nitrogens is 4. The molecule has 0 bridgehead atoms. The van der Waals surface area contributed by atoms with E-state index in [2.05, 4.69) is 55.8 Å². The largest absolute Gasteiger partial charge is 0.381 e. The zero-order valence-electron chi connectivity index (χ0n) is 24.9. The van der Waals surface area contributed by atoms with Crippen molar-refractivity contribution in [2.24, 2.45) is 10.4 Å². The number of aromatic amines is 2. The predicted molar refractivity (Wildman–Crippen MR) is 168 cm³/mol. The number of anilines is 1. The number of hydrogen-bond acceptors (Lipinski definition) is 10. The Hall–Kier alpha value is -3.50. The lowest BCUT2D eigenvalue weighted by molar-refractivity contribution is 0.0455. The van der Waals surface area contributed by atoms with E-state index in [1.54, 1.807) is 0 Å². The molecule has 1 aliphatic heterocycles. The monoisotopic (exact) mass is 611 g/mol. The number of rotatable bonds is 14. The average molecular weight is 612 g/mol. The number of halogens is 1. The van der Waals surface area contributed by atoms with Crippen molar-refractivity contribution in [2.45, 2.75) is 77.1 Å². The maximum absolute atomic E-state index is 11.1. The first-order chi connectivity index (χ1) is 20.8. The van der Waals surface area contributed by atoms with Crippen molar-refractivity contribution in [3.8, 4) is 6.07 Å². The van der Waals surface area contributed by atoms with Crippen LogP contribution in [0.15, 0.2) is 44.9 Å². The summed E-state index contributed by atoms with van der Waals surface area (Å²) in [6.45, 7) is 10.2. The van der Waals surface area contributed by atoms with Gasteiger partial charge in [-0.15, -0.1) is 0 Å². The van der Waals surface area contributed by atoms with Crippen LogP contribution in [0.3, 0.4) is 0 Å². The topological polar surface area (TPSA) is 165 Å². The highest BCUT2D eigenvalue weighted by atomic mass is 35.5. The molecule has 232 valence electrons. The van der Waals surface area contributed by atoms with Crippen molar-refractivity contribution in [1.82, 2.24) is 30.8 Å². The Morgan fingerprint density at radius 2 is 2.07 bits per heavy atom. The van der Waals surface area contributed by atoms with Gasteiger partial charge in [-0.25, -0.2) is 19.9 Å². The van der Waals surface area contributed by atoms with E-state index in [4.69, 9.17) is 26.1 Å². The predicted octanol–water partition coefficient (Wildman–Crippen LogP) is 3.83. The van der Waals surface area contributed by atoms with Gasteiger partial charge in [-0.05, 0) is 77.3 Å². The van der Waals surface area contributed by atoms with Gasteiger partial charge in [0.05, 0.1) is 23.8 Å². The summed E-state index contributed by atoms with van der Waals surface area (Å²) >= 11 is 6.55. The van der Waals surface area contributed by atoms with Crippen LogP contribution in [-0.2, 0) is 16.1 Å². The summed E-state index contributed by atoms with van der Waals surface area (Å²) in [5, 5.41) is 27.1. The van der Waals surface area contributed by atoms with Crippen LogP contribution in [-0.4, -0.2) is 71.4 Å². The van der Waals surface area contributed by atoms with E-state index in [9.17, 15) is 10.1 Å². The molecule has 2 aromatic rings. The Balaban J connectivity index is 1.28. The Labute approximate surface area is 257 Å². The van der Waals surface area contributed by atoms with Crippen molar-refractivity contribution in [3.05, 3.63) is 57.1 Å². The van der Waals surface area contributed by atoms with Gasteiger partial charge in [0, 0.05) is 48.5 Å². The van der Waals surface area contributed by atoms with E-state index in [0.29, 0.717) is 73.4 Å². The van der Waals surface area contributed by atoms with Crippen LogP contribution in [0.4, 0.5) is 5.82 Å². The normalized spacial score (nSPS) is 21.8. The van der Waals surface area contributed by atoms with Gasteiger partial charge >= 0.3 is 5.69 Å². The molecule has 1 saturated carbocycles. The number of nitrogens with one attached hydrogen (secondary N) is 5. The van der Waals surface area contributed by atoms with Crippen LogP contribution in [0.2, 0.25) is 0 Å². The van der Waals surface area contributed by atoms with Crippen LogP contribution in [0, 0.1) is 16.7 Å². The van der Waals surface area contributed by atoms with Gasteiger partial charge < -0.3 is 25.4 Å². The second-order valence-corrected chi connectivity index (χ2v) is 11.9. The lowest BCUT2D eigenvalue weighted by atomic mass is 9.82. The van der Waals surface area contributed by atoms with E-state index in [1.807, 2.05) is 31.2 Å². The number of ether oxygens (including phenoxy) is 2. The molecule has 5 N–H and O–H groups in total. The Morgan fingerprint density at radius 1 is 1.33 bits per heavy atom. The lowest BCUT2D eigenvalue weighted by Crippen LogP contribution is -2.44. The summed E-state index contributed by atoms with van der Waals surface area (Å²) in [4.78, 5) is 22.7. The van der Waals surface area contributed by atoms with Crippen LogP contribution >= 0.6 is 11.6 Å². The van der Waals surface area contributed by atoms with E-state index >= 15 is 0 Å². The molecule has 1 saturated heterocycles. The standard InChI is InChI=1S/C30H42ClN9O3/c1-20(16-43-17-28-38-29(41)40-39-28)35-22-7-9-23(10-8-22)36-27(33-3)15-24(21(2)31)25-5-4-6-26(37-25)34-19-30(18-32)11-13-42-14-12-30/h4-6,15,20,22-23,35-36H,3,7-14,16-17,19H2,1-2H3,(H,34,37)(H2,38,39,40,41)/b24-21-,27-15+/t20?,22-,23-. The first-order valence-electron chi connectivity index (χ1n) is 14.8. The molecule has 0 spiro atoms. The fourth-order valence-corrected chi connectivity index (χ4v) is 5.57. The van der Waals surface area contributed by atoms with Crippen LogP contribution in [0.5, 0.6) is 0 Å². The molecule has 0 aromatic carbocycles.